The Hall–Kier alpha value is -0.620. The highest BCUT2D eigenvalue weighted by Gasteiger charge is 2.31. The van der Waals surface area contributed by atoms with E-state index in [1.54, 1.807) is 11.8 Å². The van der Waals surface area contributed by atoms with Crippen molar-refractivity contribution in [2.45, 2.75) is 57.8 Å². The van der Waals surface area contributed by atoms with Crippen molar-refractivity contribution >= 4 is 39.1 Å². The Morgan fingerprint density at radius 3 is 2.79 bits per heavy atom. The fourth-order valence-corrected chi connectivity index (χ4v) is 3.30. The number of carbonyl (C=O) groups excluding carboxylic acids is 1. The summed E-state index contributed by atoms with van der Waals surface area (Å²) in [6.07, 6.45) is 2.47. The molecule has 6 heteroatoms. The quantitative estimate of drug-likeness (QED) is 0.611. The van der Waals surface area contributed by atoms with Gasteiger partial charge >= 0.3 is 0 Å². The maximum Gasteiger partial charge on any atom is 0.244 e. The van der Waals surface area contributed by atoms with Gasteiger partial charge in [-0.3, -0.25) is 4.79 Å². The lowest BCUT2D eigenvalue weighted by molar-refractivity contribution is -0.119. The van der Waals surface area contributed by atoms with Gasteiger partial charge in [0.25, 0.3) is 0 Å². The van der Waals surface area contributed by atoms with E-state index in [2.05, 4.69) is 35.8 Å². The molecule has 0 N–H and O–H groups in total. The zero-order chi connectivity index (χ0) is 17.7. The number of hydrogen-bond acceptors (Lipinski definition) is 3. The summed E-state index contributed by atoms with van der Waals surface area (Å²) in [4.78, 5) is 14.4. The van der Waals surface area contributed by atoms with E-state index in [0.29, 0.717) is 13.2 Å². The van der Waals surface area contributed by atoms with Crippen LogP contribution in [0.5, 0.6) is 0 Å². The topological polar surface area (TPSA) is 38.8 Å². The monoisotopic (exact) mass is 417 g/mol. The van der Waals surface area contributed by atoms with Crippen LogP contribution in [0.2, 0.25) is 0 Å². The fourth-order valence-electron chi connectivity index (χ4n) is 2.78. The summed E-state index contributed by atoms with van der Waals surface area (Å²) < 4.78 is 12.5. The molecule has 1 aliphatic heterocycles. The van der Waals surface area contributed by atoms with Gasteiger partial charge in [0.15, 0.2) is 6.29 Å². The summed E-state index contributed by atoms with van der Waals surface area (Å²) >= 11 is 9.60. The normalized spacial score (nSPS) is 21.7. The standard InChI is InChI=1S/C18H25BrClNO3/c1-4-6-13-9-14(19)7-8-16(13)21(18(22)12(3)20)10-17-23-11-15(5-2)24-17/h7-9,12,15,17H,4-6,10-11H2,1-3H3. The molecule has 1 amide bonds. The summed E-state index contributed by atoms with van der Waals surface area (Å²) in [6, 6.07) is 5.96. The molecule has 1 aromatic rings. The van der Waals surface area contributed by atoms with Crippen LogP contribution in [-0.4, -0.2) is 36.8 Å². The molecule has 4 nitrogen and oxygen atoms in total. The summed E-state index contributed by atoms with van der Waals surface area (Å²) in [5.41, 5.74) is 1.99. The van der Waals surface area contributed by atoms with E-state index in [4.69, 9.17) is 21.1 Å². The van der Waals surface area contributed by atoms with Gasteiger partial charge in [0, 0.05) is 10.2 Å². The number of hydrogen-bond donors (Lipinski definition) is 0. The van der Waals surface area contributed by atoms with Gasteiger partial charge in [-0.15, -0.1) is 11.6 Å². The molecule has 0 bridgehead atoms. The first-order valence-electron chi connectivity index (χ1n) is 8.47. The van der Waals surface area contributed by atoms with Crippen LogP contribution in [0, 0.1) is 0 Å². The number of ether oxygens (including phenoxy) is 2. The van der Waals surface area contributed by atoms with Crippen molar-refractivity contribution in [2.24, 2.45) is 0 Å². The van der Waals surface area contributed by atoms with Crippen molar-refractivity contribution in [3.05, 3.63) is 28.2 Å². The Morgan fingerprint density at radius 2 is 2.21 bits per heavy atom. The number of carbonyl (C=O) groups is 1. The molecule has 3 atom stereocenters. The molecule has 1 heterocycles. The van der Waals surface area contributed by atoms with E-state index in [0.717, 1.165) is 35.0 Å². The van der Waals surface area contributed by atoms with Gasteiger partial charge in [-0.25, -0.2) is 0 Å². The van der Waals surface area contributed by atoms with Gasteiger partial charge in [-0.1, -0.05) is 36.2 Å². The highest BCUT2D eigenvalue weighted by atomic mass is 79.9. The van der Waals surface area contributed by atoms with Gasteiger partial charge in [-0.2, -0.15) is 0 Å². The Morgan fingerprint density at radius 1 is 1.46 bits per heavy atom. The molecule has 24 heavy (non-hydrogen) atoms. The van der Waals surface area contributed by atoms with E-state index >= 15 is 0 Å². The van der Waals surface area contributed by atoms with Crippen molar-refractivity contribution in [1.82, 2.24) is 0 Å². The number of alkyl halides is 1. The second-order valence-corrected chi connectivity index (χ2v) is 7.59. The number of amides is 1. The molecule has 1 aromatic carbocycles. The predicted molar refractivity (Wildman–Crippen MR) is 101 cm³/mol. The summed E-state index contributed by atoms with van der Waals surface area (Å²) in [5, 5.41) is -0.605. The number of anilines is 1. The predicted octanol–water partition coefficient (Wildman–Crippen LogP) is 4.51. The van der Waals surface area contributed by atoms with Crippen LogP contribution >= 0.6 is 27.5 Å². The first kappa shape index (κ1) is 19.7. The number of benzene rings is 1. The van der Waals surface area contributed by atoms with E-state index in [-0.39, 0.29) is 12.0 Å². The molecule has 1 saturated heterocycles. The maximum atomic E-state index is 12.7. The van der Waals surface area contributed by atoms with Gasteiger partial charge in [0.2, 0.25) is 5.91 Å². The Bertz CT molecular complexity index is 567. The molecule has 0 aromatic heterocycles. The first-order chi connectivity index (χ1) is 11.5. The third-order valence-electron chi connectivity index (χ3n) is 4.06. The van der Waals surface area contributed by atoms with E-state index in [9.17, 15) is 4.79 Å². The van der Waals surface area contributed by atoms with E-state index < -0.39 is 11.7 Å². The average Bonchev–Trinajstić information content (AvgIpc) is 3.00. The Labute approximate surface area is 157 Å². The number of rotatable bonds is 7. The highest BCUT2D eigenvalue weighted by molar-refractivity contribution is 9.10. The SMILES string of the molecule is CCCc1cc(Br)ccc1N(CC1OCC(CC)O1)C(=O)C(C)Cl. The third-order valence-corrected chi connectivity index (χ3v) is 4.74. The van der Waals surface area contributed by atoms with Crippen LogP contribution in [0.15, 0.2) is 22.7 Å². The van der Waals surface area contributed by atoms with E-state index in [1.165, 1.54) is 0 Å². The summed E-state index contributed by atoms with van der Waals surface area (Å²) in [6.45, 7) is 6.80. The zero-order valence-electron chi connectivity index (χ0n) is 14.4. The molecule has 2 rings (SSSR count). The van der Waals surface area contributed by atoms with Crippen LogP contribution in [0.3, 0.4) is 0 Å². The molecule has 0 radical (unpaired) electrons. The second kappa shape index (κ2) is 9.18. The first-order valence-corrected chi connectivity index (χ1v) is 9.70. The fraction of sp³-hybridized carbons (Fsp3) is 0.611. The minimum Gasteiger partial charge on any atom is -0.348 e. The Kier molecular flexibility index (Phi) is 7.54. The van der Waals surface area contributed by atoms with Crippen molar-refractivity contribution in [1.29, 1.82) is 0 Å². The number of nitrogens with zero attached hydrogens (tertiary/aromatic N) is 1. The highest BCUT2D eigenvalue weighted by Crippen LogP contribution is 2.28. The molecule has 1 fully saturated rings. The lowest BCUT2D eigenvalue weighted by atomic mass is 10.1. The van der Waals surface area contributed by atoms with Crippen LogP contribution in [0.4, 0.5) is 5.69 Å². The molecule has 1 aliphatic rings. The van der Waals surface area contributed by atoms with Gasteiger partial charge in [0.05, 0.1) is 19.3 Å². The van der Waals surface area contributed by atoms with Crippen LogP contribution in [-0.2, 0) is 20.7 Å². The molecule has 0 spiro atoms. The van der Waals surface area contributed by atoms with Crippen LogP contribution in [0.1, 0.15) is 39.2 Å². The second-order valence-electron chi connectivity index (χ2n) is 6.02. The van der Waals surface area contributed by atoms with Gasteiger partial charge in [0.1, 0.15) is 5.38 Å². The van der Waals surface area contributed by atoms with E-state index in [1.807, 2.05) is 12.1 Å². The number of aryl methyl sites for hydroxylation is 1. The molecule has 0 saturated carbocycles. The molecule has 3 unspecified atom stereocenters. The minimum atomic E-state index is -0.605. The van der Waals surface area contributed by atoms with Crippen LogP contribution in [0.25, 0.3) is 0 Å². The van der Waals surface area contributed by atoms with Crippen LogP contribution < -0.4 is 4.90 Å². The van der Waals surface area contributed by atoms with Crippen molar-refractivity contribution in [3.8, 4) is 0 Å². The molecule has 134 valence electrons. The van der Waals surface area contributed by atoms with Gasteiger partial charge < -0.3 is 14.4 Å². The average molecular weight is 419 g/mol. The lowest BCUT2D eigenvalue weighted by Gasteiger charge is -2.28. The largest absolute Gasteiger partial charge is 0.348 e. The summed E-state index contributed by atoms with van der Waals surface area (Å²) in [7, 11) is 0. The van der Waals surface area contributed by atoms with Gasteiger partial charge in [-0.05, 0) is 43.5 Å². The maximum absolute atomic E-state index is 12.7. The van der Waals surface area contributed by atoms with Crippen molar-refractivity contribution in [2.75, 3.05) is 18.1 Å². The minimum absolute atomic E-state index is 0.0976. The zero-order valence-corrected chi connectivity index (χ0v) is 16.8. The molecular formula is C18H25BrClNO3. The number of halogens is 2. The lowest BCUT2D eigenvalue weighted by Crippen LogP contribution is -2.42. The Balaban J connectivity index is 2.28. The summed E-state index contributed by atoms with van der Waals surface area (Å²) in [5.74, 6) is -0.136. The molecular weight excluding hydrogens is 394 g/mol. The van der Waals surface area contributed by atoms with Crippen molar-refractivity contribution in [3.63, 3.8) is 0 Å². The van der Waals surface area contributed by atoms with Crippen molar-refractivity contribution < 1.29 is 14.3 Å². The molecule has 0 aliphatic carbocycles. The smallest absolute Gasteiger partial charge is 0.244 e. The third kappa shape index (κ3) is 4.94.